The zero-order valence-corrected chi connectivity index (χ0v) is 16.1. The number of nitrogens with two attached hydrogens (primary N) is 1. The van der Waals surface area contributed by atoms with E-state index in [9.17, 15) is 0 Å². The maximum Gasteiger partial charge on any atom is 0.182 e. The largest absolute Gasteiger partial charge is 0.497 e. The summed E-state index contributed by atoms with van der Waals surface area (Å²) in [6.45, 7) is 1.95. The lowest BCUT2D eigenvalue weighted by Gasteiger charge is -2.17. The van der Waals surface area contributed by atoms with Crippen molar-refractivity contribution in [3.63, 3.8) is 0 Å². The Labute approximate surface area is 168 Å². The second kappa shape index (κ2) is 7.86. The van der Waals surface area contributed by atoms with Crippen LogP contribution in [0.5, 0.6) is 5.75 Å². The molecule has 0 unspecified atom stereocenters. The van der Waals surface area contributed by atoms with E-state index in [1.54, 1.807) is 7.11 Å². The van der Waals surface area contributed by atoms with Crippen LogP contribution in [0.3, 0.4) is 0 Å². The van der Waals surface area contributed by atoms with Crippen LogP contribution in [0.15, 0.2) is 48.7 Å². The average Bonchev–Trinajstić information content (AvgIpc) is 3.49. The zero-order chi connectivity index (χ0) is 19.6. The third kappa shape index (κ3) is 3.48. The van der Waals surface area contributed by atoms with Gasteiger partial charge in [0.05, 0.1) is 19.4 Å². The molecule has 9 nitrogen and oxygen atoms in total. The van der Waals surface area contributed by atoms with Gasteiger partial charge >= 0.3 is 0 Å². The number of pyridine rings is 1. The normalized spacial score (nSPS) is 25.8. The van der Waals surface area contributed by atoms with Crippen molar-refractivity contribution in [2.75, 3.05) is 20.3 Å². The molecule has 0 amide bonds. The first kappa shape index (κ1) is 18.2. The predicted molar refractivity (Wildman–Crippen MR) is 102 cm³/mol. The summed E-state index contributed by atoms with van der Waals surface area (Å²) >= 11 is 0. The summed E-state index contributed by atoms with van der Waals surface area (Å²) in [5.41, 5.74) is 1.94. The van der Waals surface area contributed by atoms with Gasteiger partial charge < -0.3 is 19.5 Å². The van der Waals surface area contributed by atoms with E-state index in [1.807, 2.05) is 53.3 Å². The third-order valence-electron chi connectivity index (χ3n) is 5.56. The van der Waals surface area contributed by atoms with Crippen LogP contribution >= 0.6 is 0 Å². The van der Waals surface area contributed by atoms with Crippen LogP contribution in [0.1, 0.15) is 11.7 Å². The standard InChI is InChI=1S/C20H22N6O3/c1-27-15-7-4-5-13(9-15)20-23-24-25-26(20)17-12-29-18-16(11-28-19(17)18)22-10-14-6-2-3-8-21-14/h2-9,16-19,22H,10-12H2,1H3/p+1/t16-,17-,18+,19+/m0/s1. The van der Waals surface area contributed by atoms with E-state index in [1.165, 1.54) is 0 Å². The molecule has 2 aliphatic heterocycles. The highest BCUT2D eigenvalue weighted by atomic mass is 16.6. The molecule has 4 heterocycles. The number of ether oxygens (including phenoxy) is 3. The maximum absolute atomic E-state index is 6.13. The summed E-state index contributed by atoms with van der Waals surface area (Å²) in [6, 6.07) is 13.8. The molecule has 29 heavy (non-hydrogen) atoms. The van der Waals surface area contributed by atoms with Gasteiger partial charge in [-0.15, -0.1) is 5.10 Å². The van der Waals surface area contributed by atoms with Crippen LogP contribution in [0.4, 0.5) is 0 Å². The molecular weight excluding hydrogens is 372 g/mol. The first-order valence-electron chi connectivity index (χ1n) is 9.72. The monoisotopic (exact) mass is 395 g/mol. The number of rotatable bonds is 6. The van der Waals surface area contributed by atoms with Gasteiger partial charge in [0.2, 0.25) is 0 Å². The molecule has 0 radical (unpaired) electrons. The van der Waals surface area contributed by atoms with Crippen LogP contribution in [0.25, 0.3) is 11.4 Å². The molecule has 2 aliphatic rings. The summed E-state index contributed by atoms with van der Waals surface area (Å²) in [4.78, 5) is 4.39. The smallest absolute Gasteiger partial charge is 0.182 e. The Balaban J connectivity index is 1.31. The molecule has 2 fully saturated rings. The van der Waals surface area contributed by atoms with Crippen molar-refractivity contribution in [3.8, 4) is 17.1 Å². The van der Waals surface area contributed by atoms with Gasteiger partial charge in [-0.25, -0.2) is 4.68 Å². The zero-order valence-electron chi connectivity index (χ0n) is 16.1. The molecule has 2 saturated heterocycles. The lowest BCUT2D eigenvalue weighted by Crippen LogP contribution is -2.91. The second-order valence-electron chi connectivity index (χ2n) is 7.27. The van der Waals surface area contributed by atoms with E-state index in [0.29, 0.717) is 19.0 Å². The summed E-state index contributed by atoms with van der Waals surface area (Å²) in [6.07, 6.45) is 1.75. The molecule has 0 saturated carbocycles. The number of aromatic nitrogens is 5. The summed E-state index contributed by atoms with van der Waals surface area (Å²) in [7, 11) is 1.64. The molecular formula is C20H23N6O3+. The number of fused-ring (bicyclic) bond motifs is 1. The second-order valence-corrected chi connectivity index (χ2v) is 7.27. The molecule has 2 aromatic heterocycles. The third-order valence-corrected chi connectivity index (χ3v) is 5.56. The quantitative estimate of drug-likeness (QED) is 0.637. The number of hydrogen-bond donors (Lipinski definition) is 1. The van der Waals surface area contributed by atoms with E-state index >= 15 is 0 Å². The number of benzene rings is 1. The minimum Gasteiger partial charge on any atom is -0.497 e. The molecule has 3 aromatic rings. The first-order valence-corrected chi connectivity index (χ1v) is 9.72. The molecule has 5 rings (SSSR count). The number of methoxy groups -OCH3 is 1. The van der Waals surface area contributed by atoms with Crippen molar-refractivity contribution >= 4 is 0 Å². The van der Waals surface area contributed by atoms with Gasteiger partial charge in [0.15, 0.2) is 5.82 Å². The lowest BCUT2D eigenvalue weighted by atomic mass is 10.1. The molecule has 2 N–H and O–H groups in total. The van der Waals surface area contributed by atoms with Crippen LogP contribution < -0.4 is 10.1 Å². The van der Waals surface area contributed by atoms with Crippen molar-refractivity contribution in [2.45, 2.75) is 30.8 Å². The van der Waals surface area contributed by atoms with Gasteiger partial charge in [0, 0.05) is 11.8 Å². The van der Waals surface area contributed by atoms with Crippen molar-refractivity contribution in [2.24, 2.45) is 0 Å². The maximum atomic E-state index is 6.13. The Hall–Kier alpha value is -2.88. The SMILES string of the molecule is COc1cccc(-c2nnnn2[C@H]2CO[C@H]3[C@@H]2OC[C@@H]3[NH2+]Cc2ccccn2)c1. The lowest BCUT2D eigenvalue weighted by molar-refractivity contribution is -0.708. The van der Waals surface area contributed by atoms with E-state index < -0.39 is 0 Å². The van der Waals surface area contributed by atoms with Gasteiger partial charge in [-0.2, -0.15) is 0 Å². The Morgan fingerprint density at radius 3 is 2.93 bits per heavy atom. The Morgan fingerprint density at radius 2 is 2.07 bits per heavy atom. The van der Waals surface area contributed by atoms with Gasteiger partial charge in [0.1, 0.15) is 43.2 Å². The summed E-state index contributed by atoms with van der Waals surface area (Å²) in [5.74, 6) is 1.45. The van der Waals surface area contributed by atoms with E-state index in [0.717, 1.165) is 23.6 Å². The van der Waals surface area contributed by atoms with Gasteiger partial charge in [-0.3, -0.25) is 4.98 Å². The molecule has 0 bridgehead atoms. The Kier molecular flexibility index (Phi) is 4.92. The Morgan fingerprint density at radius 1 is 1.14 bits per heavy atom. The summed E-state index contributed by atoms with van der Waals surface area (Å²) < 4.78 is 19.4. The minimum absolute atomic E-state index is 0.00562. The van der Waals surface area contributed by atoms with Crippen molar-refractivity contribution in [1.82, 2.24) is 25.2 Å². The molecule has 0 aliphatic carbocycles. The van der Waals surface area contributed by atoms with Gasteiger partial charge in [0.25, 0.3) is 0 Å². The van der Waals surface area contributed by atoms with Gasteiger partial charge in [-0.05, 0) is 34.7 Å². The minimum atomic E-state index is -0.0761. The topological polar surface area (TPSA) is 101 Å². The van der Waals surface area contributed by atoms with Crippen molar-refractivity contribution in [3.05, 3.63) is 54.4 Å². The fraction of sp³-hybridized carbons (Fsp3) is 0.400. The predicted octanol–water partition coefficient (Wildman–Crippen LogP) is 0.215. The fourth-order valence-electron chi connectivity index (χ4n) is 4.08. The van der Waals surface area contributed by atoms with Crippen molar-refractivity contribution < 1.29 is 19.5 Å². The Bertz CT molecular complexity index is 966. The van der Waals surface area contributed by atoms with E-state index in [-0.39, 0.29) is 24.3 Å². The molecule has 0 spiro atoms. The number of nitrogens with zero attached hydrogens (tertiary/aromatic N) is 5. The van der Waals surface area contributed by atoms with Gasteiger partial charge in [-0.1, -0.05) is 18.2 Å². The van der Waals surface area contributed by atoms with Crippen LogP contribution in [-0.2, 0) is 16.0 Å². The average molecular weight is 395 g/mol. The molecule has 9 heteroatoms. The van der Waals surface area contributed by atoms with E-state index in [2.05, 4.69) is 25.8 Å². The first-order chi connectivity index (χ1) is 14.3. The highest BCUT2D eigenvalue weighted by Crippen LogP contribution is 2.35. The van der Waals surface area contributed by atoms with Crippen LogP contribution in [0, 0.1) is 0 Å². The van der Waals surface area contributed by atoms with Crippen LogP contribution in [0.2, 0.25) is 0 Å². The highest BCUT2D eigenvalue weighted by Gasteiger charge is 2.51. The van der Waals surface area contributed by atoms with Crippen molar-refractivity contribution in [1.29, 1.82) is 0 Å². The fourth-order valence-corrected chi connectivity index (χ4v) is 4.08. The number of tetrazole rings is 1. The number of quaternary nitrogens is 1. The van der Waals surface area contributed by atoms with E-state index in [4.69, 9.17) is 14.2 Å². The summed E-state index contributed by atoms with van der Waals surface area (Å²) in [5, 5.41) is 14.6. The number of hydrogen-bond acceptors (Lipinski definition) is 7. The van der Waals surface area contributed by atoms with Crippen LogP contribution in [-0.4, -0.2) is 63.8 Å². The molecule has 1 aromatic carbocycles. The highest BCUT2D eigenvalue weighted by molar-refractivity contribution is 5.57. The molecule has 150 valence electrons. The molecule has 4 atom stereocenters.